The molecule has 2 amide bonds. The van der Waals surface area contributed by atoms with Crippen LogP contribution in [0.3, 0.4) is 0 Å². The number of carbonyl (C=O) groups is 2. The van der Waals surface area contributed by atoms with E-state index in [-0.39, 0.29) is 11.1 Å². The van der Waals surface area contributed by atoms with Gasteiger partial charge in [0.25, 0.3) is 11.1 Å². The molecule has 20 heavy (non-hydrogen) atoms. The van der Waals surface area contributed by atoms with Crippen LogP contribution in [0.1, 0.15) is 5.69 Å². The molecule has 1 aromatic heterocycles. The Balaban J connectivity index is 1.93. The molecule has 1 aliphatic rings. The van der Waals surface area contributed by atoms with Crippen molar-refractivity contribution in [3.63, 3.8) is 0 Å². The maximum absolute atomic E-state index is 12.3. The number of imide groups is 1. The molecule has 1 fully saturated rings. The van der Waals surface area contributed by atoms with Gasteiger partial charge in [-0.25, -0.2) is 4.90 Å². The summed E-state index contributed by atoms with van der Waals surface area (Å²) in [7, 11) is 0. The molecule has 1 N–H and O–H groups in total. The van der Waals surface area contributed by atoms with Crippen molar-refractivity contribution in [1.29, 1.82) is 0 Å². The van der Waals surface area contributed by atoms with E-state index < -0.39 is 0 Å². The van der Waals surface area contributed by atoms with Crippen LogP contribution < -0.4 is 4.90 Å². The molecule has 4 nitrogen and oxygen atoms in total. The molecule has 1 aromatic carbocycles. The summed E-state index contributed by atoms with van der Waals surface area (Å²) < 4.78 is 0. The lowest BCUT2D eigenvalue weighted by atomic mass is 10.3. The van der Waals surface area contributed by atoms with E-state index in [0.717, 1.165) is 22.4 Å². The standard InChI is InChI=1S/C14H9ClN2O2S/c15-9-3-5-11(6-4-9)17-13(18)12(20-14(17)19)8-10-2-1-7-16-10/h1-8,16H/b12-8-. The van der Waals surface area contributed by atoms with Crippen LogP contribution in [0.25, 0.3) is 6.08 Å². The number of amides is 2. The third-order valence-electron chi connectivity index (χ3n) is 2.79. The number of aromatic amines is 1. The molecule has 0 radical (unpaired) electrons. The van der Waals surface area contributed by atoms with Crippen molar-refractivity contribution in [2.24, 2.45) is 0 Å². The summed E-state index contributed by atoms with van der Waals surface area (Å²) in [4.78, 5) is 28.8. The molecule has 2 aromatic rings. The lowest BCUT2D eigenvalue weighted by Gasteiger charge is -2.11. The SMILES string of the molecule is O=C1S/C(=C\c2ccc[nH]2)C(=O)N1c1ccc(Cl)cc1. The van der Waals surface area contributed by atoms with E-state index in [4.69, 9.17) is 11.6 Å². The van der Waals surface area contributed by atoms with Crippen LogP contribution in [0.2, 0.25) is 5.02 Å². The summed E-state index contributed by atoms with van der Waals surface area (Å²) in [5.41, 5.74) is 1.30. The number of H-pyrrole nitrogens is 1. The predicted octanol–water partition coefficient (Wildman–Crippen LogP) is 3.91. The Bertz CT molecular complexity index is 692. The van der Waals surface area contributed by atoms with Crippen LogP contribution in [0.4, 0.5) is 10.5 Å². The number of nitrogens with zero attached hydrogens (tertiary/aromatic N) is 1. The van der Waals surface area contributed by atoms with Crippen LogP contribution in [0.15, 0.2) is 47.5 Å². The van der Waals surface area contributed by atoms with Gasteiger partial charge in [0.2, 0.25) is 0 Å². The highest BCUT2D eigenvalue weighted by Crippen LogP contribution is 2.35. The monoisotopic (exact) mass is 304 g/mol. The number of hydrogen-bond acceptors (Lipinski definition) is 3. The van der Waals surface area contributed by atoms with Crippen LogP contribution in [0, 0.1) is 0 Å². The number of carbonyl (C=O) groups excluding carboxylic acids is 2. The van der Waals surface area contributed by atoms with E-state index in [1.165, 1.54) is 0 Å². The molecular weight excluding hydrogens is 296 g/mol. The molecule has 3 rings (SSSR count). The lowest BCUT2D eigenvalue weighted by Crippen LogP contribution is -2.27. The minimum Gasteiger partial charge on any atom is -0.362 e. The summed E-state index contributed by atoms with van der Waals surface area (Å²) >= 11 is 6.73. The van der Waals surface area contributed by atoms with Crippen molar-refractivity contribution < 1.29 is 9.59 Å². The van der Waals surface area contributed by atoms with E-state index in [1.54, 1.807) is 36.5 Å². The highest BCUT2D eigenvalue weighted by atomic mass is 35.5. The average Bonchev–Trinajstić information content (AvgIpc) is 3.02. The molecule has 2 heterocycles. The van der Waals surface area contributed by atoms with E-state index in [1.807, 2.05) is 12.1 Å². The maximum atomic E-state index is 12.3. The molecule has 0 saturated carbocycles. The second kappa shape index (κ2) is 5.19. The summed E-state index contributed by atoms with van der Waals surface area (Å²) in [6.45, 7) is 0. The smallest absolute Gasteiger partial charge is 0.298 e. The molecule has 6 heteroatoms. The van der Waals surface area contributed by atoms with Crippen molar-refractivity contribution in [2.45, 2.75) is 0 Å². The fourth-order valence-electron chi connectivity index (χ4n) is 1.86. The van der Waals surface area contributed by atoms with Gasteiger partial charge in [-0.3, -0.25) is 9.59 Å². The molecule has 0 unspecified atom stereocenters. The van der Waals surface area contributed by atoms with E-state index in [0.29, 0.717) is 15.6 Å². The van der Waals surface area contributed by atoms with E-state index in [2.05, 4.69) is 4.98 Å². The zero-order chi connectivity index (χ0) is 14.1. The van der Waals surface area contributed by atoms with E-state index in [9.17, 15) is 9.59 Å². The van der Waals surface area contributed by atoms with Gasteiger partial charge < -0.3 is 4.98 Å². The minimum atomic E-state index is -0.322. The Morgan fingerprint density at radius 3 is 2.55 bits per heavy atom. The fraction of sp³-hybridized carbons (Fsp3) is 0. The first-order valence-electron chi connectivity index (χ1n) is 5.82. The number of aromatic nitrogens is 1. The van der Waals surface area contributed by atoms with Crippen LogP contribution in [0.5, 0.6) is 0 Å². The van der Waals surface area contributed by atoms with E-state index >= 15 is 0 Å². The first-order valence-corrected chi connectivity index (χ1v) is 7.01. The van der Waals surface area contributed by atoms with Gasteiger partial charge in [-0.2, -0.15) is 0 Å². The molecule has 0 atom stereocenters. The number of hydrogen-bond donors (Lipinski definition) is 1. The number of thioether (sulfide) groups is 1. The number of anilines is 1. The molecule has 100 valence electrons. The van der Waals surface area contributed by atoms with Gasteiger partial charge in [-0.05, 0) is 54.2 Å². The summed E-state index contributed by atoms with van der Waals surface area (Å²) in [6.07, 6.45) is 3.43. The molecular formula is C14H9ClN2O2S. The minimum absolute atomic E-state index is 0.310. The Labute approximate surface area is 124 Å². The number of nitrogens with one attached hydrogen (secondary N) is 1. The normalized spacial score (nSPS) is 17.2. The van der Waals surface area contributed by atoms with Gasteiger partial charge in [0, 0.05) is 16.9 Å². The second-order valence-electron chi connectivity index (χ2n) is 4.12. The van der Waals surface area contributed by atoms with Gasteiger partial charge in [0.05, 0.1) is 10.6 Å². The van der Waals surface area contributed by atoms with Crippen LogP contribution in [-0.4, -0.2) is 16.1 Å². The van der Waals surface area contributed by atoms with Gasteiger partial charge in [-0.1, -0.05) is 11.6 Å². The zero-order valence-electron chi connectivity index (χ0n) is 10.2. The quantitative estimate of drug-likeness (QED) is 0.856. The molecule has 1 saturated heterocycles. The molecule has 0 bridgehead atoms. The topological polar surface area (TPSA) is 53.2 Å². The van der Waals surface area contributed by atoms with Gasteiger partial charge >= 0.3 is 0 Å². The fourth-order valence-corrected chi connectivity index (χ4v) is 2.81. The summed E-state index contributed by atoms with van der Waals surface area (Å²) in [5.74, 6) is -0.322. The second-order valence-corrected chi connectivity index (χ2v) is 5.55. The van der Waals surface area contributed by atoms with Crippen molar-refractivity contribution in [3.8, 4) is 0 Å². The Morgan fingerprint density at radius 2 is 1.90 bits per heavy atom. The largest absolute Gasteiger partial charge is 0.362 e. The van der Waals surface area contributed by atoms with Crippen LogP contribution in [-0.2, 0) is 4.79 Å². The zero-order valence-corrected chi connectivity index (χ0v) is 11.7. The molecule has 1 aliphatic heterocycles. The number of halogens is 1. The predicted molar refractivity (Wildman–Crippen MR) is 80.7 cm³/mol. The Hall–Kier alpha value is -1.98. The summed E-state index contributed by atoms with van der Waals surface area (Å²) in [6, 6.07) is 10.3. The molecule has 0 spiro atoms. The summed E-state index contributed by atoms with van der Waals surface area (Å²) in [5, 5.41) is 0.248. The molecule has 0 aliphatic carbocycles. The Kier molecular flexibility index (Phi) is 3.38. The average molecular weight is 305 g/mol. The number of benzene rings is 1. The van der Waals surface area contributed by atoms with Crippen LogP contribution >= 0.6 is 23.4 Å². The highest BCUT2D eigenvalue weighted by Gasteiger charge is 2.36. The van der Waals surface area contributed by atoms with Crippen molar-refractivity contribution in [3.05, 3.63) is 58.2 Å². The third kappa shape index (κ3) is 2.37. The maximum Gasteiger partial charge on any atom is 0.298 e. The Morgan fingerprint density at radius 1 is 1.15 bits per heavy atom. The first kappa shape index (κ1) is 13.0. The van der Waals surface area contributed by atoms with Crippen molar-refractivity contribution >= 4 is 46.3 Å². The number of rotatable bonds is 2. The lowest BCUT2D eigenvalue weighted by molar-refractivity contribution is -0.113. The van der Waals surface area contributed by atoms with Gasteiger partial charge in [-0.15, -0.1) is 0 Å². The van der Waals surface area contributed by atoms with Crippen molar-refractivity contribution in [1.82, 2.24) is 4.98 Å². The highest BCUT2D eigenvalue weighted by molar-refractivity contribution is 8.19. The van der Waals surface area contributed by atoms with Gasteiger partial charge in [0.1, 0.15) is 0 Å². The first-order chi connectivity index (χ1) is 9.65. The van der Waals surface area contributed by atoms with Crippen molar-refractivity contribution in [2.75, 3.05) is 4.90 Å². The third-order valence-corrected chi connectivity index (χ3v) is 3.91. The van der Waals surface area contributed by atoms with Gasteiger partial charge in [0.15, 0.2) is 0 Å².